The highest BCUT2D eigenvalue weighted by molar-refractivity contribution is 6.10. The Kier molecular flexibility index (Phi) is 4.66. The molecule has 0 saturated heterocycles. The zero-order chi connectivity index (χ0) is 19.7. The van der Waals surface area contributed by atoms with Gasteiger partial charge in [-0.15, -0.1) is 0 Å². The van der Waals surface area contributed by atoms with Crippen LogP contribution in [0.4, 0.5) is 0 Å². The Bertz CT molecular complexity index is 1240. The van der Waals surface area contributed by atoms with E-state index in [1.165, 1.54) is 5.56 Å². The maximum absolute atomic E-state index is 13.1. The van der Waals surface area contributed by atoms with E-state index in [9.17, 15) is 9.59 Å². The van der Waals surface area contributed by atoms with Crippen LogP contribution in [0.2, 0.25) is 0 Å². The third-order valence-corrected chi connectivity index (χ3v) is 4.95. The van der Waals surface area contributed by atoms with Gasteiger partial charge < -0.3 is 4.57 Å². The van der Waals surface area contributed by atoms with Gasteiger partial charge in [-0.3, -0.25) is 9.59 Å². The molecule has 0 unspecified atom stereocenters. The number of aryl methyl sites for hydroxylation is 2. The largest absolute Gasteiger partial charge is 0.342 e. The van der Waals surface area contributed by atoms with Crippen molar-refractivity contribution in [2.24, 2.45) is 0 Å². The van der Waals surface area contributed by atoms with Crippen molar-refractivity contribution in [1.82, 2.24) is 4.57 Å². The lowest BCUT2D eigenvalue weighted by atomic mass is 10.0. The van der Waals surface area contributed by atoms with Crippen molar-refractivity contribution in [3.63, 3.8) is 0 Å². The van der Waals surface area contributed by atoms with E-state index in [0.717, 1.165) is 16.6 Å². The zero-order valence-electron chi connectivity index (χ0n) is 16.0. The maximum Gasteiger partial charge on any atom is 0.200 e. The summed E-state index contributed by atoms with van der Waals surface area (Å²) < 4.78 is 2.00. The second-order valence-electron chi connectivity index (χ2n) is 7.20. The number of fused-ring (bicyclic) bond motifs is 1. The summed E-state index contributed by atoms with van der Waals surface area (Å²) in [6.07, 6.45) is 1.71. The van der Waals surface area contributed by atoms with Crippen molar-refractivity contribution in [3.05, 3.63) is 117 Å². The summed E-state index contributed by atoms with van der Waals surface area (Å²) in [5.74, 6) is -0.244. The number of carbonyl (C=O) groups excluding carboxylic acids is 1. The van der Waals surface area contributed by atoms with Crippen LogP contribution in [0, 0.1) is 13.8 Å². The molecule has 4 aromatic rings. The second kappa shape index (κ2) is 7.28. The summed E-state index contributed by atoms with van der Waals surface area (Å²) in [5.41, 5.74) is 4.65. The van der Waals surface area contributed by atoms with E-state index in [0.29, 0.717) is 17.5 Å². The first-order valence-corrected chi connectivity index (χ1v) is 9.32. The molecule has 1 heterocycles. The average Bonchev–Trinajstić information content (AvgIpc) is 2.70. The molecule has 0 bridgehead atoms. The number of benzene rings is 3. The molecule has 0 fully saturated rings. The molecular formula is C25H21NO2. The number of pyridine rings is 1. The van der Waals surface area contributed by atoms with Crippen LogP contribution in [0.1, 0.15) is 32.6 Å². The van der Waals surface area contributed by atoms with Crippen LogP contribution in [0.25, 0.3) is 10.9 Å². The van der Waals surface area contributed by atoms with Crippen LogP contribution in [-0.2, 0) is 6.54 Å². The normalized spacial score (nSPS) is 10.9. The number of nitrogens with zero attached hydrogens (tertiary/aromatic N) is 1. The number of ketones is 1. The Morgan fingerprint density at radius 1 is 0.857 bits per heavy atom. The lowest BCUT2D eigenvalue weighted by molar-refractivity contribution is 0.103. The van der Waals surface area contributed by atoms with Crippen LogP contribution < -0.4 is 5.43 Å². The molecule has 0 spiro atoms. The van der Waals surface area contributed by atoms with E-state index >= 15 is 0 Å². The van der Waals surface area contributed by atoms with E-state index in [1.54, 1.807) is 18.3 Å². The van der Waals surface area contributed by atoms with E-state index in [4.69, 9.17) is 0 Å². The number of carbonyl (C=O) groups is 1. The number of rotatable bonds is 4. The molecule has 0 N–H and O–H groups in total. The standard InChI is InChI=1S/C25H21NO2/c1-17-7-6-8-19(13-17)15-26-16-22(24(27)20-9-4-3-5-10-20)25(28)21-14-18(2)11-12-23(21)26/h3-14,16H,15H2,1-2H3. The fraction of sp³-hybridized carbons (Fsp3) is 0.120. The molecule has 3 aromatic carbocycles. The van der Waals surface area contributed by atoms with Gasteiger partial charge in [-0.25, -0.2) is 0 Å². The van der Waals surface area contributed by atoms with E-state index in [-0.39, 0.29) is 16.8 Å². The van der Waals surface area contributed by atoms with Gasteiger partial charge in [0.15, 0.2) is 5.78 Å². The first kappa shape index (κ1) is 17.9. The molecule has 0 amide bonds. The molecule has 138 valence electrons. The molecule has 0 atom stereocenters. The molecule has 0 aliphatic rings. The molecule has 0 radical (unpaired) electrons. The number of hydrogen-bond acceptors (Lipinski definition) is 2. The molecule has 4 rings (SSSR count). The van der Waals surface area contributed by atoms with Crippen molar-refractivity contribution in [3.8, 4) is 0 Å². The van der Waals surface area contributed by atoms with Gasteiger partial charge in [0.05, 0.1) is 11.1 Å². The van der Waals surface area contributed by atoms with Crippen molar-refractivity contribution in [2.45, 2.75) is 20.4 Å². The quantitative estimate of drug-likeness (QED) is 0.481. The first-order valence-electron chi connectivity index (χ1n) is 9.32. The summed E-state index contributed by atoms with van der Waals surface area (Å²) in [5, 5.41) is 0.578. The van der Waals surface area contributed by atoms with Crippen molar-refractivity contribution < 1.29 is 4.79 Å². The minimum absolute atomic E-state index is 0.206. The Balaban J connectivity index is 1.92. The molecule has 3 nitrogen and oxygen atoms in total. The fourth-order valence-electron chi connectivity index (χ4n) is 3.56. The minimum atomic E-state index is -0.244. The maximum atomic E-state index is 13.1. The van der Waals surface area contributed by atoms with Gasteiger partial charge in [-0.05, 0) is 31.5 Å². The van der Waals surface area contributed by atoms with Crippen molar-refractivity contribution in [1.29, 1.82) is 0 Å². The highest BCUT2D eigenvalue weighted by Gasteiger charge is 2.17. The molecular weight excluding hydrogens is 346 g/mol. The van der Waals surface area contributed by atoms with Crippen LogP contribution >= 0.6 is 0 Å². The van der Waals surface area contributed by atoms with Gasteiger partial charge in [-0.2, -0.15) is 0 Å². The average molecular weight is 367 g/mol. The molecule has 0 aliphatic heterocycles. The summed E-state index contributed by atoms with van der Waals surface area (Å²) in [4.78, 5) is 26.2. The number of aromatic nitrogens is 1. The lowest BCUT2D eigenvalue weighted by Gasteiger charge is -2.14. The fourth-order valence-corrected chi connectivity index (χ4v) is 3.56. The van der Waals surface area contributed by atoms with Gasteiger partial charge in [0, 0.05) is 23.7 Å². The van der Waals surface area contributed by atoms with Crippen molar-refractivity contribution in [2.75, 3.05) is 0 Å². The van der Waals surface area contributed by atoms with Crippen LogP contribution in [0.3, 0.4) is 0 Å². The minimum Gasteiger partial charge on any atom is -0.342 e. The highest BCUT2D eigenvalue weighted by atomic mass is 16.1. The zero-order valence-corrected chi connectivity index (χ0v) is 16.0. The molecule has 1 aromatic heterocycles. The third kappa shape index (κ3) is 3.39. The summed E-state index contributed by atoms with van der Waals surface area (Å²) in [6, 6.07) is 23.0. The van der Waals surface area contributed by atoms with Crippen molar-refractivity contribution >= 4 is 16.7 Å². The monoisotopic (exact) mass is 367 g/mol. The SMILES string of the molecule is Cc1cccc(Cn2cc(C(=O)c3ccccc3)c(=O)c3cc(C)ccc32)c1. The van der Waals surface area contributed by atoms with Crippen LogP contribution in [0.15, 0.2) is 83.8 Å². The molecule has 0 saturated carbocycles. The summed E-state index contributed by atoms with van der Waals surface area (Å²) in [6.45, 7) is 4.60. The Morgan fingerprint density at radius 2 is 1.61 bits per heavy atom. The predicted octanol–water partition coefficient (Wildman–Crippen LogP) is 4.90. The molecule has 0 aliphatic carbocycles. The second-order valence-corrected chi connectivity index (χ2v) is 7.20. The van der Waals surface area contributed by atoms with Gasteiger partial charge in [0.2, 0.25) is 5.43 Å². The van der Waals surface area contributed by atoms with Gasteiger partial charge >= 0.3 is 0 Å². The Labute approximate surface area is 163 Å². The third-order valence-electron chi connectivity index (χ3n) is 4.95. The Morgan fingerprint density at radius 3 is 2.36 bits per heavy atom. The lowest BCUT2D eigenvalue weighted by Crippen LogP contribution is -2.20. The first-order chi connectivity index (χ1) is 13.5. The van der Waals surface area contributed by atoms with Gasteiger partial charge in [0.1, 0.15) is 0 Å². The molecule has 3 heteroatoms. The highest BCUT2D eigenvalue weighted by Crippen LogP contribution is 2.18. The van der Waals surface area contributed by atoms with Gasteiger partial charge in [-0.1, -0.05) is 71.8 Å². The molecule has 28 heavy (non-hydrogen) atoms. The predicted molar refractivity (Wildman–Crippen MR) is 113 cm³/mol. The topological polar surface area (TPSA) is 39.1 Å². The van der Waals surface area contributed by atoms with E-state index in [1.807, 2.05) is 54.0 Å². The smallest absolute Gasteiger partial charge is 0.200 e. The summed E-state index contributed by atoms with van der Waals surface area (Å²) >= 11 is 0. The van der Waals surface area contributed by atoms with E-state index < -0.39 is 0 Å². The Hall–Kier alpha value is -3.46. The number of hydrogen-bond donors (Lipinski definition) is 0. The summed E-state index contributed by atoms with van der Waals surface area (Å²) in [7, 11) is 0. The van der Waals surface area contributed by atoms with Crippen LogP contribution in [0.5, 0.6) is 0 Å². The van der Waals surface area contributed by atoms with E-state index in [2.05, 4.69) is 25.1 Å². The van der Waals surface area contributed by atoms with Gasteiger partial charge in [0.25, 0.3) is 0 Å². The van der Waals surface area contributed by atoms with Crippen LogP contribution in [-0.4, -0.2) is 10.4 Å².